The molecule has 1 aromatic heterocycles. The summed E-state index contributed by atoms with van der Waals surface area (Å²) in [5.74, 6) is -0.520. The predicted molar refractivity (Wildman–Crippen MR) is 72.7 cm³/mol. The Kier molecular flexibility index (Phi) is 3.95. The van der Waals surface area contributed by atoms with E-state index in [9.17, 15) is 4.79 Å². The number of hydrogen-bond donors (Lipinski definition) is 0. The van der Waals surface area contributed by atoms with Crippen molar-refractivity contribution in [2.24, 2.45) is 0 Å². The molecule has 0 aliphatic rings. The normalized spacial score (nSPS) is 10.7. The molecule has 0 radical (unpaired) electrons. The highest BCUT2D eigenvalue weighted by molar-refractivity contribution is 6.39. The molecular formula is C12H8Cl3NO2. The van der Waals surface area contributed by atoms with Gasteiger partial charge in [0.15, 0.2) is 0 Å². The fourth-order valence-electron chi connectivity index (χ4n) is 1.54. The van der Waals surface area contributed by atoms with Crippen molar-refractivity contribution >= 4 is 51.7 Å². The maximum absolute atomic E-state index is 11.7. The summed E-state index contributed by atoms with van der Waals surface area (Å²) in [5, 5.41) is 1.55. The molecule has 3 nitrogen and oxygen atoms in total. The molecule has 0 aliphatic heterocycles. The molecular weight excluding hydrogens is 296 g/mol. The highest BCUT2D eigenvalue weighted by atomic mass is 35.5. The summed E-state index contributed by atoms with van der Waals surface area (Å²) in [6.45, 7) is 1.98. The summed E-state index contributed by atoms with van der Waals surface area (Å²) in [7, 11) is 0. The van der Waals surface area contributed by atoms with Gasteiger partial charge >= 0.3 is 5.97 Å². The highest BCUT2D eigenvalue weighted by Crippen LogP contribution is 2.29. The van der Waals surface area contributed by atoms with E-state index >= 15 is 0 Å². The van der Waals surface area contributed by atoms with E-state index in [0.29, 0.717) is 20.9 Å². The Hall–Kier alpha value is -1.03. The molecule has 0 bridgehead atoms. The van der Waals surface area contributed by atoms with Crippen molar-refractivity contribution in [1.29, 1.82) is 0 Å². The third-order valence-electron chi connectivity index (χ3n) is 2.29. The molecule has 6 heteroatoms. The van der Waals surface area contributed by atoms with Gasteiger partial charge in [0.2, 0.25) is 0 Å². The fourth-order valence-corrected chi connectivity index (χ4v) is 2.31. The van der Waals surface area contributed by atoms with E-state index in [1.54, 1.807) is 25.1 Å². The van der Waals surface area contributed by atoms with E-state index in [2.05, 4.69) is 4.98 Å². The third-order valence-corrected chi connectivity index (χ3v) is 3.08. The number of carbonyl (C=O) groups excluding carboxylic acids is 1. The van der Waals surface area contributed by atoms with E-state index in [4.69, 9.17) is 39.5 Å². The van der Waals surface area contributed by atoms with E-state index in [-0.39, 0.29) is 17.3 Å². The van der Waals surface area contributed by atoms with Crippen LogP contribution in [0.2, 0.25) is 15.2 Å². The summed E-state index contributed by atoms with van der Waals surface area (Å²) in [5.41, 5.74) is 0.698. The lowest BCUT2D eigenvalue weighted by atomic mass is 10.1. The minimum absolute atomic E-state index is 0.0603. The van der Waals surface area contributed by atoms with Crippen molar-refractivity contribution in [3.63, 3.8) is 0 Å². The summed E-state index contributed by atoms with van der Waals surface area (Å²) in [6, 6.07) is 4.80. The van der Waals surface area contributed by atoms with E-state index in [1.165, 1.54) is 0 Å². The zero-order valence-corrected chi connectivity index (χ0v) is 11.6. The Morgan fingerprint density at radius 3 is 2.67 bits per heavy atom. The van der Waals surface area contributed by atoms with Crippen molar-refractivity contribution in [3.8, 4) is 0 Å². The zero-order valence-electron chi connectivity index (χ0n) is 9.34. The number of pyridine rings is 1. The van der Waals surface area contributed by atoms with E-state index < -0.39 is 5.97 Å². The number of nitrogens with zero attached hydrogens (tertiary/aromatic N) is 1. The van der Waals surface area contributed by atoms with Gasteiger partial charge in [-0.05, 0) is 25.1 Å². The lowest BCUT2D eigenvalue weighted by molar-refractivity contribution is 0.0526. The van der Waals surface area contributed by atoms with Crippen molar-refractivity contribution in [1.82, 2.24) is 4.98 Å². The van der Waals surface area contributed by atoms with Crippen LogP contribution in [-0.4, -0.2) is 17.6 Å². The maximum atomic E-state index is 11.7. The van der Waals surface area contributed by atoms with Crippen LogP contribution in [0.25, 0.3) is 10.9 Å². The van der Waals surface area contributed by atoms with Gasteiger partial charge < -0.3 is 4.74 Å². The molecule has 0 unspecified atom stereocenters. The van der Waals surface area contributed by atoms with E-state index in [0.717, 1.165) is 0 Å². The predicted octanol–water partition coefficient (Wildman–Crippen LogP) is 4.37. The number of ether oxygens (including phenoxy) is 1. The Morgan fingerprint density at radius 1 is 1.28 bits per heavy atom. The van der Waals surface area contributed by atoms with Crippen molar-refractivity contribution in [2.75, 3.05) is 6.61 Å². The van der Waals surface area contributed by atoms with Gasteiger partial charge in [-0.15, -0.1) is 0 Å². The van der Waals surface area contributed by atoms with Crippen LogP contribution in [0.5, 0.6) is 0 Å². The molecule has 0 atom stereocenters. The number of aromatic nitrogens is 1. The first kappa shape index (κ1) is 13.4. The summed E-state index contributed by atoms with van der Waals surface area (Å²) in [6.07, 6.45) is 0. The third kappa shape index (κ3) is 2.53. The highest BCUT2D eigenvalue weighted by Gasteiger charge is 2.15. The van der Waals surface area contributed by atoms with Crippen molar-refractivity contribution in [2.45, 2.75) is 6.92 Å². The molecule has 0 aliphatic carbocycles. The zero-order chi connectivity index (χ0) is 13.3. The standard InChI is InChI=1S/C12H8Cl3NO2/c1-2-18-12(17)8-4-6-3-7(13)5-9(14)10(6)16-11(8)15/h3-5H,2H2,1H3. The number of hydrogen-bond acceptors (Lipinski definition) is 3. The number of rotatable bonds is 2. The van der Waals surface area contributed by atoms with Crippen LogP contribution < -0.4 is 0 Å². The molecule has 2 aromatic rings. The van der Waals surface area contributed by atoms with Gasteiger partial charge in [-0.1, -0.05) is 34.8 Å². The van der Waals surface area contributed by atoms with Crippen LogP contribution >= 0.6 is 34.8 Å². The van der Waals surface area contributed by atoms with Crippen LogP contribution in [0.4, 0.5) is 0 Å². The van der Waals surface area contributed by atoms with Crippen LogP contribution in [0.3, 0.4) is 0 Å². The molecule has 0 saturated carbocycles. The number of halogens is 3. The first-order valence-electron chi connectivity index (χ1n) is 5.15. The lowest BCUT2D eigenvalue weighted by Gasteiger charge is -2.07. The molecule has 1 heterocycles. The molecule has 0 fully saturated rings. The second kappa shape index (κ2) is 5.31. The van der Waals surface area contributed by atoms with Gasteiger partial charge in [0.25, 0.3) is 0 Å². The Labute approximate surface area is 119 Å². The molecule has 2 rings (SSSR count). The van der Waals surface area contributed by atoms with Crippen LogP contribution in [0.1, 0.15) is 17.3 Å². The van der Waals surface area contributed by atoms with Crippen molar-refractivity contribution < 1.29 is 9.53 Å². The average molecular weight is 305 g/mol. The largest absolute Gasteiger partial charge is 0.462 e. The Morgan fingerprint density at radius 2 is 2.00 bits per heavy atom. The van der Waals surface area contributed by atoms with E-state index in [1.807, 2.05) is 0 Å². The van der Waals surface area contributed by atoms with Gasteiger partial charge in [-0.25, -0.2) is 9.78 Å². The fraction of sp³-hybridized carbons (Fsp3) is 0.167. The van der Waals surface area contributed by atoms with Crippen LogP contribution in [-0.2, 0) is 4.74 Å². The average Bonchev–Trinajstić information content (AvgIpc) is 2.29. The summed E-state index contributed by atoms with van der Waals surface area (Å²) < 4.78 is 4.89. The molecule has 0 amide bonds. The molecule has 18 heavy (non-hydrogen) atoms. The van der Waals surface area contributed by atoms with Crippen molar-refractivity contribution in [3.05, 3.63) is 39.0 Å². The smallest absolute Gasteiger partial charge is 0.341 e. The molecule has 0 spiro atoms. The first-order chi connectivity index (χ1) is 8.52. The van der Waals surface area contributed by atoms with Gasteiger partial charge in [-0.2, -0.15) is 0 Å². The monoisotopic (exact) mass is 303 g/mol. The Bertz CT molecular complexity index is 628. The van der Waals surface area contributed by atoms with Gasteiger partial charge in [-0.3, -0.25) is 0 Å². The quantitative estimate of drug-likeness (QED) is 0.611. The maximum Gasteiger partial charge on any atom is 0.341 e. The molecule has 0 saturated heterocycles. The number of carbonyl (C=O) groups is 1. The van der Waals surface area contributed by atoms with Gasteiger partial charge in [0, 0.05) is 10.4 Å². The first-order valence-corrected chi connectivity index (χ1v) is 6.28. The molecule has 94 valence electrons. The Balaban J connectivity index is 2.64. The number of fused-ring (bicyclic) bond motifs is 1. The lowest BCUT2D eigenvalue weighted by Crippen LogP contribution is -2.06. The molecule has 0 N–H and O–H groups in total. The minimum Gasteiger partial charge on any atom is -0.462 e. The topological polar surface area (TPSA) is 39.2 Å². The van der Waals surface area contributed by atoms with Crippen LogP contribution in [0.15, 0.2) is 18.2 Å². The summed E-state index contributed by atoms with van der Waals surface area (Å²) >= 11 is 17.8. The SMILES string of the molecule is CCOC(=O)c1cc2cc(Cl)cc(Cl)c2nc1Cl. The summed E-state index contributed by atoms with van der Waals surface area (Å²) in [4.78, 5) is 15.8. The number of benzene rings is 1. The van der Waals surface area contributed by atoms with Gasteiger partial charge in [0.05, 0.1) is 22.7 Å². The van der Waals surface area contributed by atoms with Gasteiger partial charge in [0.1, 0.15) is 5.15 Å². The second-order valence-corrected chi connectivity index (χ2v) is 4.71. The molecule has 1 aromatic carbocycles. The minimum atomic E-state index is -0.520. The van der Waals surface area contributed by atoms with Crippen LogP contribution in [0, 0.1) is 0 Å². The second-order valence-electron chi connectivity index (χ2n) is 3.51. The number of esters is 1.